The molecule has 1 amide bonds. The van der Waals surface area contributed by atoms with Gasteiger partial charge in [0.1, 0.15) is 0 Å². The lowest BCUT2D eigenvalue weighted by Crippen LogP contribution is -2.28. The minimum Gasteiger partial charge on any atom is -0.326 e. The lowest BCUT2D eigenvalue weighted by molar-refractivity contribution is -0.119. The highest BCUT2D eigenvalue weighted by Crippen LogP contribution is 2.18. The average Bonchev–Trinajstić information content (AvgIpc) is 2.25. The van der Waals surface area contributed by atoms with Crippen LogP contribution in [-0.2, 0) is 4.79 Å². The summed E-state index contributed by atoms with van der Waals surface area (Å²) in [6, 6.07) is 5.94. The van der Waals surface area contributed by atoms with Crippen molar-refractivity contribution in [3.63, 3.8) is 0 Å². The summed E-state index contributed by atoms with van der Waals surface area (Å²) in [6.07, 6.45) is 0. The van der Waals surface area contributed by atoms with Crippen LogP contribution in [0.3, 0.4) is 0 Å². The third kappa shape index (κ3) is 3.07. The molecule has 1 aromatic rings. The molecular weight excluding hydrogens is 200 g/mol. The van der Waals surface area contributed by atoms with Crippen LogP contribution < -0.4 is 10.6 Å². The van der Waals surface area contributed by atoms with Gasteiger partial charge < -0.3 is 10.6 Å². The van der Waals surface area contributed by atoms with Crippen LogP contribution in [0.15, 0.2) is 18.2 Å². The fraction of sp³-hybridized carbons (Fsp3) is 0.462. The Morgan fingerprint density at radius 2 is 2.06 bits per heavy atom. The minimum absolute atomic E-state index is 0.0232. The molecule has 0 aliphatic rings. The monoisotopic (exact) mass is 220 g/mol. The van der Waals surface area contributed by atoms with Crippen molar-refractivity contribution < 1.29 is 4.79 Å². The van der Waals surface area contributed by atoms with Gasteiger partial charge in [-0.1, -0.05) is 19.1 Å². The minimum atomic E-state index is -0.0232. The number of anilines is 1. The fourth-order valence-electron chi connectivity index (χ4n) is 1.54. The smallest absolute Gasteiger partial charge is 0.228 e. The van der Waals surface area contributed by atoms with Crippen LogP contribution in [0, 0.1) is 19.8 Å². The number of hydrogen-bond donors (Lipinski definition) is 2. The van der Waals surface area contributed by atoms with E-state index in [2.05, 4.69) is 10.6 Å². The van der Waals surface area contributed by atoms with Crippen LogP contribution in [0.1, 0.15) is 18.1 Å². The first-order valence-electron chi connectivity index (χ1n) is 5.58. The summed E-state index contributed by atoms with van der Waals surface area (Å²) in [5, 5.41) is 5.96. The molecule has 0 bridgehead atoms. The van der Waals surface area contributed by atoms with Gasteiger partial charge in [0.05, 0.1) is 0 Å². The van der Waals surface area contributed by atoms with Gasteiger partial charge in [0.2, 0.25) is 5.91 Å². The molecule has 0 aromatic heterocycles. The van der Waals surface area contributed by atoms with E-state index in [0.29, 0.717) is 6.54 Å². The third-order valence-corrected chi connectivity index (χ3v) is 2.82. The van der Waals surface area contributed by atoms with E-state index < -0.39 is 0 Å². The predicted molar refractivity (Wildman–Crippen MR) is 67.6 cm³/mol. The summed E-state index contributed by atoms with van der Waals surface area (Å²) in [6.45, 7) is 6.67. The van der Waals surface area contributed by atoms with Crippen molar-refractivity contribution in [3.8, 4) is 0 Å². The fourth-order valence-corrected chi connectivity index (χ4v) is 1.54. The molecular formula is C13H20N2O. The number of aryl methyl sites for hydroxylation is 1. The van der Waals surface area contributed by atoms with Gasteiger partial charge in [-0.25, -0.2) is 0 Å². The van der Waals surface area contributed by atoms with Crippen LogP contribution in [0.4, 0.5) is 5.69 Å². The third-order valence-electron chi connectivity index (χ3n) is 2.82. The van der Waals surface area contributed by atoms with E-state index in [-0.39, 0.29) is 11.8 Å². The molecule has 0 aliphatic carbocycles. The quantitative estimate of drug-likeness (QED) is 0.816. The van der Waals surface area contributed by atoms with Gasteiger partial charge in [0.15, 0.2) is 0 Å². The van der Waals surface area contributed by atoms with E-state index >= 15 is 0 Å². The Kier molecular flexibility index (Phi) is 4.50. The molecule has 0 aliphatic heterocycles. The molecule has 88 valence electrons. The molecule has 1 unspecified atom stereocenters. The van der Waals surface area contributed by atoms with Crippen molar-refractivity contribution in [3.05, 3.63) is 29.3 Å². The lowest BCUT2D eigenvalue weighted by Gasteiger charge is -2.14. The van der Waals surface area contributed by atoms with E-state index in [9.17, 15) is 4.79 Å². The Balaban J connectivity index is 2.73. The summed E-state index contributed by atoms with van der Waals surface area (Å²) in [5.74, 6) is 0.0352. The maximum absolute atomic E-state index is 11.8. The first-order valence-corrected chi connectivity index (χ1v) is 5.58. The number of carbonyl (C=O) groups excluding carboxylic acids is 1. The number of nitrogens with one attached hydrogen (secondary N) is 2. The van der Waals surface area contributed by atoms with Crippen molar-refractivity contribution in [2.75, 3.05) is 18.9 Å². The SMILES string of the molecule is CNCC(C)C(=O)Nc1cccc(C)c1C. The maximum atomic E-state index is 11.8. The van der Waals surface area contributed by atoms with Crippen LogP contribution >= 0.6 is 0 Å². The largest absolute Gasteiger partial charge is 0.326 e. The van der Waals surface area contributed by atoms with Gasteiger partial charge in [-0.2, -0.15) is 0 Å². The number of hydrogen-bond acceptors (Lipinski definition) is 2. The molecule has 0 spiro atoms. The maximum Gasteiger partial charge on any atom is 0.228 e. The van der Waals surface area contributed by atoms with E-state index in [0.717, 1.165) is 11.3 Å². The van der Waals surface area contributed by atoms with Gasteiger partial charge >= 0.3 is 0 Å². The van der Waals surface area contributed by atoms with E-state index in [1.807, 2.05) is 46.0 Å². The van der Waals surface area contributed by atoms with Crippen molar-refractivity contribution in [2.24, 2.45) is 5.92 Å². The van der Waals surface area contributed by atoms with Crippen molar-refractivity contribution >= 4 is 11.6 Å². The Bertz CT molecular complexity index is 374. The molecule has 0 fully saturated rings. The van der Waals surface area contributed by atoms with Crippen molar-refractivity contribution in [1.29, 1.82) is 0 Å². The van der Waals surface area contributed by atoms with E-state index in [1.54, 1.807) is 0 Å². The van der Waals surface area contributed by atoms with Crippen LogP contribution in [0.25, 0.3) is 0 Å². The molecule has 0 radical (unpaired) electrons. The topological polar surface area (TPSA) is 41.1 Å². The average molecular weight is 220 g/mol. The van der Waals surface area contributed by atoms with Crippen LogP contribution in [-0.4, -0.2) is 19.5 Å². The number of rotatable bonds is 4. The first-order chi connectivity index (χ1) is 7.56. The number of carbonyl (C=O) groups is 1. The number of amides is 1. The normalized spacial score (nSPS) is 12.2. The molecule has 3 nitrogen and oxygen atoms in total. The Morgan fingerprint density at radius 3 is 2.69 bits per heavy atom. The summed E-state index contributed by atoms with van der Waals surface area (Å²) in [4.78, 5) is 11.8. The Morgan fingerprint density at radius 1 is 1.38 bits per heavy atom. The standard InChI is InChI=1S/C13H20N2O/c1-9-6-5-7-12(11(9)3)15-13(16)10(2)8-14-4/h5-7,10,14H,8H2,1-4H3,(H,15,16). The van der Waals surface area contributed by atoms with E-state index in [4.69, 9.17) is 0 Å². The molecule has 1 atom stereocenters. The molecule has 16 heavy (non-hydrogen) atoms. The second kappa shape index (κ2) is 5.66. The first kappa shape index (κ1) is 12.7. The predicted octanol–water partition coefficient (Wildman–Crippen LogP) is 2.10. The summed E-state index contributed by atoms with van der Waals surface area (Å²) >= 11 is 0. The molecule has 2 N–H and O–H groups in total. The zero-order valence-electron chi connectivity index (χ0n) is 10.4. The van der Waals surface area contributed by atoms with Crippen molar-refractivity contribution in [2.45, 2.75) is 20.8 Å². The zero-order valence-corrected chi connectivity index (χ0v) is 10.4. The molecule has 3 heteroatoms. The number of benzene rings is 1. The lowest BCUT2D eigenvalue weighted by atomic mass is 10.1. The van der Waals surface area contributed by atoms with Gasteiger partial charge in [0, 0.05) is 18.2 Å². The van der Waals surface area contributed by atoms with Crippen molar-refractivity contribution in [1.82, 2.24) is 5.32 Å². The summed E-state index contributed by atoms with van der Waals surface area (Å²) in [5.41, 5.74) is 3.24. The molecule has 0 heterocycles. The second-order valence-electron chi connectivity index (χ2n) is 4.20. The van der Waals surface area contributed by atoms with E-state index in [1.165, 1.54) is 5.56 Å². The summed E-state index contributed by atoms with van der Waals surface area (Å²) < 4.78 is 0. The highest BCUT2D eigenvalue weighted by molar-refractivity contribution is 5.93. The van der Waals surface area contributed by atoms with Crippen LogP contribution in [0.5, 0.6) is 0 Å². The molecule has 1 rings (SSSR count). The molecule has 0 saturated heterocycles. The highest BCUT2D eigenvalue weighted by Gasteiger charge is 2.12. The second-order valence-corrected chi connectivity index (χ2v) is 4.20. The Hall–Kier alpha value is -1.35. The van der Waals surface area contributed by atoms with Gasteiger partial charge in [-0.05, 0) is 38.1 Å². The van der Waals surface area contributed by atoms with Gasteiger partial charge in [-0.15, -0.1) is 0 Å². The molecule has 0 saturated carbocycles. The summed E-state index contributed by atoms with van der Waals surface area (Å²) in [7, 11) is 1.85. The van der Waals surface area contributed by atoms with Gasteiger partial charge in [0.25, 0.3) is 0 Å². The highest BCUT2D eigenvalue weighted by atomic mass is 16.1. The molecule has 1 aromatic carbocycles. The van der Waals surface area contributed by atoms with Crippen LogP contribution in [0.2, 0.25) is 0 Å². The Labute approximate surface area is 97.2 Å². The zero-order chi connectivity index (χ0) is 12.1. The van der Waals surface area contributed by atoms with Gasteiger partial charge in [-0.3, -0.25) is 4.79 Å².